The molecule has 0 fully saturated rings. The van der Waals surface area contributed by atoms with Crippen LogP contribution in [0.1, 0.15) is 49.0 Å². The number of oxime groups is 1. The molecule has 176 valence electrons. The lowest BCUT2D eigenvalue weighted by molar-refractivity contribution is -0.137. The average Bonchev–Trinajstić information content (AvgIpc) is 3.09. The normalized spacial score (nSPS) is 24.6. The fraction of sp³-hybridized carbons (Fsp3) is 0.400. The van der Waals surface area contributed by atoms with Gasteiger partial charge in [-0.15, -0.1) is 0 Å². The van der Waals surface area contributed by atoms with E-state index in [0.717, 1.165) is 18.9 Å². The predicted molar refractivity (Wildman–Crippen MR) is 124 cm³/mol. The molecular weight excluding hydrogens is 424 g/mol. The van der Waals surface area contributed by atoms with Gasteiger partial charge in [-0.05, 0) is 50.8 Å². The van der Waals surface area contributed by atoms with Gasteiger partial charge < -0.3 is 24.7 Å². The first-order chi connectivity index (χ1) is 15.9. The lowest BCUT2D eigenvalue weighted by Gasteiger charge is -2.25. The molecule has 33 heavy (non-hydrogen) atoms. The molecule has 2 aliphatic heterocycles. The summed E-state index contributed by atoms with van der Waals surface area (Å²) in [5.41, 5.74) is 0.745. The van der Waals surface area contributed by atoms with Gasteiger partial charge in [-0.25, -0.2) is 4.79 Å². The second-order valence-corrected chi connectivity index (χ2v) is 8.07. The zero-order valence-corrected chi connectivity index (χ0v) is 18.9. The molecule has 2 heterocycles. The van der Waals surface area contributed by atoms with Gasteiger partial charge in [0, 0.05) is 24.6 Å². The van der Waals surface area contributed by atoms with E-state index >= 15 is 0 Å². The van der Waals surface area contributed by atoms with Crippen molar-refractivity contribution >= 4 is 17.6 Å². The molecule has 8 nitrogen and oxygen atoms in total. The van der Waals surface area contributed by atoms with Crippen molar-refractivity contribution in [2.45, 2.75) is 51.6 Å². The summed E-state index contributed by atoms with van der Waals surface area (Å²) in [6, 6.07) is 2.47. The Morgan fingerprint density at radius 1 is 1.12 bits per heavy atom. The Morgan fingerprint density at radius 3 is 2.58 bits per heavy atom. The van der Waals surface area contributed by atoms with Crippen molar-refractivity contribution in [3.8, 4) is 11.5 Å². The number of phenols is 2. The van der Waals surface area contributed by atoms with Gasteiger partial charge in [-0.3, -0.25) is 4.79 Å². The van der Waals surface area contributed by atoms with Gasteiger partial charge in [-0.1, -0.05) is 35.5 Å². The fourth-order valence-electron chi connectivity index (χ4n) is 3.88. The second-order valence-electron chi connectivity index (χ2n) is 8.07. The number of aromatic hydroxyl groups is 2. The maximum atomic E-state index is 12.6. The van der Waals surface area contributed by atoms with Crippen LogP contribution in [-0.2, 0) is 20.8 Å². The highest BCUT2D eigenvalue weighted by atomic mass is 16.6. The largest absolute Gasteiger partial charge is 0.508 e. The lowest BCUT2D eigenvalue weighted by atomic mass is 10.00. The minimum atomic E-state index is -0.683. The van der Waals surface area contributed by atoms with Gasteiger partial charge in [0.05, 0.1) is 12.3 Å². The van der Waals surface area contributed by atoms with Crippen LogP contribution in [0.2, 0.25) is 0 Å². The van der Waals surface area contributed by atoms with E-state index in [9.17, 15) is 19.8 Å². The summed E-state index contributed by atoms with van der Waals surface area (Å²) in [5, 5.41) is 24.4. The summed E-state index contributed by atoms with van der Waals surface area (Å²) < 4.78 is 5.28. The highest BCUT2D eigenvalue weighted by Gasteiger charge is 2.27. The molecule has 2 unspecified atom stereocenters. The van der Waals surface area contributed by atoms with E-state index in [-0.39, 0.29) is 54.7 Å². The molecule has 8 heteroatoms. The third-order valence-electron chi connectivity index (χ3n) is 5.46. The van der Waals surface area contributed by atoms with Crippen molar-refractivity contribution in [3.63, 3.8) is 0 Å². The summed E-state index contributed by atoms with van der Waals surface area (Å²) >= 11 is 0. The van der Waals surface area contributed by atoms with Crippen LogP contribution >= 0.6 is 0 Å². The van der Waals surface area contributed by atoms with E-state index in [1.807, 2.05) is 44.2 Å². The smallest absolute Gasteiger partial charge is 0.342 e. The molecule has 0 saturated carbocycles. The zero-order chi connectivity index (χ0) is 23.8. The van der Waals surface area contributed by atoms with E-state index in [0.29, 0.717) is 17.7 Å². The van der Waals surface area contributed by atoms with Crippen molar-refractivity contribution in [2.75, 3.05) is 13.2 Å². The molecule has 0 aromatic heterocycles. The van der Waals surface area contributed by atoms with E-state index in [1.54, 1.807) is 11.0 Å². The van der Waals surface area contributed by atoms with Crippen LogP contribution in [0.3, 0.4) is 0 Å². The summed E-state index contributed by atoms with van der Waals surface area (Å²) in [7, 11) is 0. The molecule has 1 aromatic carbocycles. The number of allylic oxidation sites excluding steroid dienone is 3. The highest BCUT2D eigenvalue weighted by molar-refractivity contribution is 6.00. The third-order valence-corrected chi connectivity index (χ3v) is 5.46. The summed E-state index contributed by atoms with van der Waals surface area (Å²) in [4.78, 5) is 32.2. The maximum absolute atomic E-state index is 12.6. The maximum Gasteiger partial charge on any atom is 0.342 e. The van der Waals surface area contributed by atoms with Crippen LogP contribution in [0.15, 0.2) is 53.7 Å². The third kappa shape index (κ3) is 6.47. The number of ether oxygens (including phenoxy) is 1. The molecule has 2 aliphatic rings. The van der Waals surface area contributed by atoms with Gasteiger partial charge in [0.15, 0.2) is 6.61 Å². The van der Waals surface area contributed by atoms with Crippen LogP contribution in [0.25, 0.3) is 0 Å². The fourth-order valence-corrected chi connectivity index (χ4v) is 3.88. The van der Waals surface area contributed by atoms with Crippen molar-refractivity contribution in [1.29, 1.82) is 0 Å². The topological polar surface area (TPSA) is 109 Å². The number of carbonyl (C=O) groups excluding carboxylic acids is 2. The standard InChI is InChI=1S/C25H30N2O6/c1-17-10-11-18(2)27(17)23(30)16-33-26-20-9-7-5-3-4-6-8-12-32-25(31)24-19(13-20)14-21(28)15-22(24)29/h4,6-7,9-11,14-15,17-18,28-29H,3,5,8,12-13,16H2,1-2H3/b6-4+,9-7+,26-20-. The molecular formula is C25H30N2O6. The van der Waals surface area contributed by atoms with Gasteiger partial charge in [0.1, 0.15) is 17.1 Å². The first kappa shape index (κ1) is 24.1. The number of fused-ring (bicyclic) bond motifs is 1. The Labute approximate surface area is 193 Å². The summed E-state index contributed by atoms with van der Waals surface area (Å²) in [6.07, 6.45) is 13.8. The molecule has 1 aromatic rings. The number of esters is 1. The monoisotopic (exact) mass is 454 g/mol. The van der Waals surface area contributed by atoms with Crippen LogP contribution in [0, 0.1) is 0 Å². The first-order valence-corrected chi connectivity index (χ1v) is 11.1. The van der Waals surface area contributed by atoms with Crippen LogP contribution < -0.4 is 0 Å². The Kier molecular flexibility index (Phi) is 8.29. The molecule has 2 N–H and O–H groups in total. The quantitative estimate of drug-likeness (QED) is 0.410. The van der Waals surface area contributed by atoms with E-state index in [4.69, 9.17) is 9.57 Å². The van der Waals surface area contributed by atoms with E-state index < -0.39 is 5.97 Å². The SMILES string of the molecule is CC1C=CC(C)N1C(=O)CO/N=C1/C=C/CC/C=C/CCOC(=O)c2c(O)cc(O)cc2C1. The second kappa shape index (κ2) is 11.4. The summed E-state index contributed by atoms with van der Waals surface area (Å²) in [5.74, 6) is -1.43. The van der Waals surface area contributed by atoms with Gasteiger partial charge in [0.25, 0.3) is 5.91 Å². The number of carbonyl (C=O) groups is 2. The lowest BCUT2D eigenvalue weighted by Crippen LogP contribution is -2.41. The zero-order valence-electron chi connectivity index (χ0n) is 18.9. The number of benzene rings is 1. The number of hydrogen-bond acceptors (Lipinski definition) is 7. The van der Waals surface area contributed by atoms with E-state index in [1.165, 1.54) is 6.07 Å². The van der Waals surface area contributed by atoms with Crippen molar-refractivity contribution < 1.29 is 29.4 Å². The van der Waals surface area contributed by atoms with Crippen molar-refractivity contribution in [1.82, 2.24) is 4.90 Å². The molecule has 0 aliphatic carbocycles. The number of hydrogen-bond donors (Lipinski definition) is 2. The minimum absolute atomic E-state index is 0.00472. The highest BCUT2D eigenvalue weighted by Crippen LogP contribution is 2.29. The molecule has 3 rings (SSSR count). The Balaban J connectivity index is 1.82. The minimum Gasteiger partial charge on any atom is -0.508 e. The van der Waals surface area contributed by atoms with Crippen LogP contribution in [0.5, 0.6) is 11.5 Å². The molecule has 0 spiro atoms. The number of nitrogens with zero attached hydrogens (tertiary/aromatic N) is 2. The van der Waals surface area contributed by atoms with Gasteiger partial charge in [-0.2, -0.15) is 0 Å². The average molecular weight is 455 g/mol. The summed E-state index contributed by atoms with van der Waals surface area (Å²) in [6.45, 7) is 3.83. The van der Waals surface area contributed by atoms with Crippen LogP contribution in [-0.4, -0.2) is 58.0 Å². The molecule has 1 amide bonds. The Bertz CT molecular complexity index is 983. The van der Waals surface area contributed by atoms with Crippen molar-refractivity contribution in [3.05, 3.63) is 59.7 Å². The first-order valence-electron chi connectivity index (χ1n) is 11.1. The predicted octanol–water partition coefficient (Wildman–Crippen LogP) is 3.64. The molecule has 0 bridgehead atoms. The Morgan fingerprint density at radius 2 is 1.82 bits per heavy atom. The van der Waals surface area contributed by atoms with Gasteiger partial charge >= 0.3 is 5.97 Å². The van der Waals surface area contributed by atoms with Crippen molar-refractivity contribution in [2.24, 2.45) is 5.16 Å². The van der Waals surface area contributed by atoms with Crippen LogP contribution in [0.4, 0.5) is 0 Å². The van der Waals surface area contributed by atoms with E-state index in [2.05, 4.69) is 5.16 Å². The molecule has 0 radical (unpaired) electrons. The Hall–Kier alpha value is -3.55. The number of rotatable bonds is 3. The number of cyclic esters (lactones) is 1. The van der Waals surface area contributed by atoms with Gasteiger partial charge in [0.2, 0.25) is 0 Å². The molecule has 2 atom stereocenters. The number of amides is 1. The molecule has 0 saturated heterocycles. The number of phenolic OH excluding ortho intramolecular Hbond substituents is 2.